The van der Waals surface area contributed by atoms with E-state index in [4.69, 9.17) is 5.84 Å². The zero-order valence-corrected chi connectivity index (χ0v) is 7.64. The van der Waals surface area contributed by atoms with Crippen LogP contribution >= 0.6 is 0 Å². The lowest BCUT2D eigenvalue weighted by Gasteiger charge is -1.91. The smallest absolute Gasteiger partial charge is 0.281 e. The quantitative estimate of drug-likeness (QED) is 0.333. The van der Waals surface area contributed by atoms with Gasteiger partial charge < -0.3 is 4.98 Å². The summed E-state index contributed by atoms with van der Waals surface area (Å²) in [5.74, 6) is 4.60. The maximum atomic E-state index is 10.8. The molecule has 4 nitrogen and oxygen atoms in total. The van der Waals surface area contributed by atoms with Gasteiger partial charge in [-0.15, -0.1) is 0 Å². The predicted molar refractivity (Wildman–Crippen MR) is 48.5 cm³/mol. The Balaban J connectivity index is 0.000000561. The van der Waals surface area contributed by atoms with E-state index < -0.39 is 0 Å². The van der Waals surface area contributed by atoms with Gasteiger partial charge in [-0.3, -0.25) is 10.2 Å². The van der Waals surface area contributed by atoms with Gasteiger partial charge in [0.1, 0.15) is 5.69 Å². The second-order valence-electron chi connectivity index (χ2n) is 2.06. The summed E-state index contributed by atoms with van der Waals surface area (Å²) in [6, 6.07) is 1.72. The van der Waals surface area contributed by atoms with Gasteiger partial charge in [0.15, 0.2) is 0 Å². The molecule has 68 valence electrons. The standard InChI is InChI=1S/C6H9N3O.C2H6/c1-4-2-5(8-3-4)6(10)9-7;1-2/h2-3,8H,7H2,1H3,(H,9,10);1-2H3. The number of nitrogen functional groups attached to an aromatic ring is 1. The molecule has 4 heteroatoms. The van der Waals surface area contributed by atoms with Crippen molar-refractivity contribution in [1.82, 2.24) is 10.4 Å². The third-order valence-corrected chi connectivity index (χ3v) is 1.20. The van der Waals surface area contributed by atoms with Gasteiger partial charge in [0.05, 0.1) is 0 Å². The summed E-state index contributed by atoms with van der Waals surface area (Å²) < 4.78 is 0. The van der Waals surface area contributed by atoms with E-state index in [0.717, 1.165) is 5.56 Å². The molecule has 0 saturated heterocycles. The number of hydrogen-bond acceptors (Lipinski definition) is 2. The molecule has 12 heavy (non-hydrogen) atoms. The van der Waals surface area contributed by atoms with E-state index in [1.54, 1.807) is 12.3 Å². The zero-order valence-electron chi connectivity index (χ0n) is 7.64. The molecule has 0 radical (unpaired) electrons. The first-order valence-electron chi connectivity index (χ1n) is 3.90. The summed E-state index contributed by atoms with van der Waals surface area (Å²) in [7, 11) is 0. The van der Waals surface area contributed by atoms with Crippen LogP contribution in [0.2, 0.25) is 0 Å². The molecule has 0 aliphatic carbocycles. The molecule has 0 fully saturated rings. The number of carbonyl (C=O) groups is 1. The summed E-state index contributed by atoms with van der Waals surface area (Å²) >= 11 is 0. The van der Waals surface area contributed by atoms with E-state index in [2.05, 4.69) is 4.98 Å². The van der Waals surface area contributed by atoms with Gasteiger partial charge in [0, 0.05) is 6.20 Å². The van der Waals surface area contributed by atoms with E-state index in [-0.39, 0.29) is 5.91 Å². The number of carbonyl (C=O) groups excluding carboxylic acids is 1. The highest BCUT2D eigenvalue weighted by Crippen LogP contribution is 1.99. The summed E-state index contributed by atoms with van der Waals surface area (Å²) in [4.78, 5) is 13.5. The fourth-order valence-electron chi connectivity index (χ4n) is 0.711. The minimum atomic E-state index is -0.298. The first kappa shape index (κ1) is 10.7. The molecule has 1 amide bonds. The maximum Gasteiger partial charge on any atom is 0.281 e. The number of rotatable bonds is 1. The molecule has 0 bridgehead atoms. The Hall–Kier alpha value is -1.29. The number of hydrazine groups is 1. The molecule has 0 spiro atoms. The van der Waals surface area contributed by atoms with Crippen LogP contribution in [0.1, 0.15) is 29.9 Å². The third kappa shape index (κ3) is 2.75. The zero-order chi connectivity index (χ0) is 9.56. The second-order valence-corrected chi connectivity index (χ2v) is 2.06. The Kier molecular flexibility index (Phi) is 4.79. The van der Waals surface area contributed by atoms with E-state index in [9.17, 15) is 4.79 Å². The highest BCUT2D eigenvalue weighted by Gasteiger charge is 2.02. The van der Waals surface area contributed by atoms with Crippen molar-refractivity contribution in [3.05, 3.63) is 23.5 Å². The SMILES string of the molecule is CC.Cc1c[nH]c(C(=O)NN)c1. The van der Waals surface area contributed by atoms with Crippen molar-refractivity contribution in [3.8, 4) is 0 Å². The van der Waals surface area contributed by atoms with Gasteiger partial charge in [-0.1, -0.05) is 13.8 Å². The number of aryl methyl sites for hydroxylation is 1. The fourth-order valence-corrected chi connectivity index (χ4v) is 0.711. The van der Waals surface area contributed by atoms with Gasteiger partial charge in [-0.25, -0.2) is 5.84 Å². The molecule has 0 aliphatic rings. The van der Waals surface area contributed by atoms with Crippen LogP contribution in [-0.2, 0) is 0 Å². The van der Waals surface area contributed by atoms with Crippen molar-refractivity contribution in [2.45, 2.75) is 20.8 Å². The minimum absolute atomic E-state index is 0.298. The Labute approximate surface area is 72.1 Å². The van der Waals surface area contributed by atoms with Gasteiger partial charge in [0.2, 0.25) is 0 Å². The van der Waals surface area contributed by atoms with Gasteiger partial charge >= 0.3 is 0 Å². The monoisotopic (exact) mass is 169 g/mol. The second kappa shape index (κ2) is 5.37. The summed E-state index contributed by atoms with van der Waals surface area (Å²) in [5, 5.41) is 0. The van der Waals surface area contributed by atoms with E-state index in [1.807, 2.05) is 26.2 Å². The van der Waals surface area contributed by atoms with Gasteiger partial charge in [0.25, 0.3) is 5.91 Å². The highest BCUT2D eigenvalue weighted by molar-refractivity contribution is 5.92. The van der Waals surface area contributed by atoms with Crippen molar-refractivity contribution < 1.29 is 4.79 Å². The van der Waals surface area contributed by atoms with Crippen LogP contribution < -0.4 is 11.3 Å². The highest BCUT2D eigenvalue weighted by atomic mass is 16.2. The molecule has 1 aromatic rings. The lowest BCUT2D eigenvalue weighted by Crippen LogP contribution is -2.30. The van der Waals surface area contributed by atoms with E-state index in [1.165, 1.54) is 0 Å². The summed E-state index contributed by atoms with van der Waals surface area (Å²) in [6.07, 6.45) is 1.74. The molecule has 1 heterocycles. The average Bonchev–Trinajstić information content (AvgIpc) is 2.54. The van der Waals surface area contributed by atoms with Crippen molar-refractivity contribution in [2.75, 3.05) is 0 Å². The van der Waals surface area contributed by atoms with Crippen LogP contribution in [0, 0.1) is 6.92 Å². The molecule has 0 aliphatic heterocycles. The number of amides is 1. The third-order valence-electron chi connectivity index (χ3n) is 1.20. The topological polar surface area (TPSA) is 70.9 Å². The van der Waals surface area contributed by atoms with Crippen LogP contribution in [0.25, 0.3) is 0 Å². The summed E-state index contributed by atoms with van der Waals surface area (Å²) in [6.45, 7) is 5.89. The molecule has 0 atom stereocenters. The van der Waals surface area contributed by atoms with Crippen LogP contribution in [-0.4, -0.2) is 10.9 Å². The molecular weight excluding hydrogens is 154 g/mol. The number of nitrogens with two attached hydrogens (primary N) is 1. The lowest BCUT2D eigenvalue weighted by molar-refractivity contribution is 0.0949. The van der Waals surface area contributed by atoms with Crippen LogP contribution in [0.15, 0.2) is 12.3 Å². The van der Waals surface area contributed by atoms with Crippen LogP contribution in [0.5, 0.6) is 0 Å². The normalized spacial score (nSPS) is 8.33. The molecule has 1 aromatic heterocycles. The molecule has 0 saturated carbocycles. The van der Waals surface area contributed by atoms with Gasteiger partial charge in [-0.05, 0) is 18.6 Å². The van der Waals surface area contributed by atoms with Crippen molar-refractivity contribution in [3.63, 3.8) is 0 Å². The van der Waals surface area contributed by atoms with Crippen molar-refractivity contribution >= 4 is 5.91 Å². The summed E-state index contributed by atoms with van der Waals surface area (Å²) in [5.41, 5.74) is 3.52. The number of H-pyrrole nitrogens is 1. The lowest BCUT2D eigenvalue weighted by atomic mass is 10.3. The minimum Gasteiger partial charge on any atom is -0.357 e. The van der Waals surface area contributed by atoms with Crippen molar-refractivity contribution in [1.29, 1.82) is 0 Å². The molecule has 0 aromatic carbocycles. The Morgan fingerprint density at radius 2 is 2.17 bits per heavy atom. The first-order valence-corrected chi connectivity index (χ1v) is 3.90. The molecule has 1 rings (SSSR count). The average molecular weight is 169 g/mol. The van der Waals surface area contributed by atoms with Crippen LogP contribution in [0.3, 0.4) is 0 Å². The number of hydrogen-bond donors (Lipinski definition) is 3. The Bertz CT molecular complexity index is 242. The number of nitrogens with one attached hydrogen (secondary N) is 2. The number of aromatic nitrogens is 1. The molecular formula is C8H15N3O. The molecule has 4 N–H and O–H groups in total. The van der Waals surface area contributed by atoms with E-state index in [0.29, 0.717) is 5.69 Å². The predicted octanol–water partition coefficient (Wildman–Crippen LogP) is 0.953. The van der Waals surface area contributed by atoms with E-state index >= 15 is 0 Å². The fraction of sp³-hybridized carbons (Fsp3) is 0.375. The Morgan fingerprint density at radius 3 is 2.50 bits per heavy atom. The van der Waals surface area contributed by atoms with Crippen molar-refractivity contribution in [2.24, 2.45) is 5.84 Å². The number of aromatic amines is 1. The Morgan fingerprint density at radius 1 is 1.58 bits per heavy atom. The largest absolute Gasteiger partial charge is 0.357 e. The maximum absolute atomic E-state index is 10.8. The van der Waals surface area contributed by atoms with Crippen LogP contribution in [0.4, 0.5) is 0 Å². The first-order chi connectivity index (χ1) is 5.74. The van der Waals surface area contributed by atoms with Gasteiger partial charge in [-0.2, -0.15) is 0 Å². The molecule has 0 unspecified atom stereocenters.